The van der Waals surface area contributed by atoms with Crippen molar-refractivity contribution in [1.82, 2.24) is 4.98 Å². The van der Waals surface area contributed by atoms with E-state index in [0.717, 1.165) is 11.4 Å². The van der Waals surface area contributed by atoms with Crippen LogP contribution in [0.15, 0.2) is 23.4 Å². The molecule has 1 heterocycles. The van der Waals surface area contributed by atoms with E-state index in [2.05, 4.69) is 24.9 Å². The predicted molar refractivity (Wildman–Crippen MR) is 58.0 cm³/mol. The van der Waals surface area contributed by atoms with E-state index < -0.39 is 0 Å². The van der Waals surface area contributed by atoms with Crippen molar-refractivity contribution in [1.29, 1.82) is 0 Å². The van der Waals surface area contributed by atoms with Gasteiger partial charge in [-0.25, -0.2) is 4.98 Å². The summed E-state index contributed by atoms with van der Waals surface area (Å²) < 4.78 is 0. The van der Waals surface area contributed by atoms with E-state index in [-0.39, 0.29) is 0 Å². The summed E-state index contributed by atoms with van der Waals surface area (Å²) in [5, 5.41) is 1.70. The average Bonchev–Trinajstić information content (AvgIpc) is 2.08. The van der Waals surface area contributed by atoms with Gasteiger partial charge in [0.25, 0.3) is 0 Å². The summed E-state index contributed by atoms with van der Waals surface area (Å²) >= 11 is 1.80. The van der Waals surface area contributed by atoms with Crippen LogP contribution in [0.5, 0.6) is 0 Å². The molecule has 0 aliphatic carbocycles. The van der Waals surface area contributed by atoms with E-state index in [1.165, 1.54) is 5.56 Å². The minimum absolute atomic E-state index is 0.575. The van der Waals surface area contributed by atoms with E-state index >= 15 is 0 Å². The molecule has 0 atom stereocenters. The molecule has 0 aromatic carbocycles. The number of thioether (sulfide) groups is 1. The summed E-state index contributed by atoms with van der Waals surface area (Å²) in [6.45, 7) is 5.04. The first-order valence-corrected chi connectivity index (χ1v) is 5.42. The molecule has 2 N–H and O–H groups in total. The van der Waals surface area contributed by atoms with Gasteiger partial charge in [-0.15, -0.1) is 11.8 Å². The van der Waals surface area contributed by atoms with Gasteiger partial charge < -0.3 is 5.73 Å². The highest BCUT2D eigenvalue weighted by Gasteiger charge is 2.04. The van der Waals surface area contributed by atoms with E-state index in [0.29, 0.717) is 11.8 Å². The van der Waals surface area contributed by atoms with Crippen LogP contribution >= 0.6 is 11.8 Å². The lowest BCUT2D eigenvalue weighted by Gasteiger charge is -2.08. The van der Waals surface area contributed by atoms with Gasteiger partial charge in [0.05, 0.1) is 5.03 Å². The van der Waals surface area contributed by atoms with Gasteiger partial charge in [-0.1, -0.05) is 19.9 Å². The highest BCUT2D eigenvalue weighted by Crippen LogP contribution is 2.24. The molecule has 1 aromatic heterocycles. The van der Waals surface area contributed by atoms with Crippen molar-refractivity contribution in [3.63, 3.8) is 0 Å². The van der Waals surface area contributed by atoms with Crippen molar-refractivity contribution < 1.29 is 0 Å². The van der Waals surface area contributed by atoms with Crippen molar-refractivity contribution in [3.8, 4) is 0 Å². The number of rotatable bonds is 4. The standard InChI is InChI=1S/C10H16N2S/c1-8(2)13-10-9(5-6-11)4-3-7-12-10/h3-4,7-8H,5-6,11H2,1-2H3. The lowest BCUT2D eigenvalue weighted by molar-refractivity contribution is 0.908. The summed E-state index contributed by atoms with van der Waals surface area (Å²) in [5.41, 5.74) is 6.79. The second-order valence-corrected chi connectivity index (χ2v) is 4.74. The highest BCUT2D eigenvalue weighted by atomic mass is 32.2. The number of nitrogens with two attached hydrogens (primary N) is 1. The molecule has 3 heteroatoms. The van der Waals surface area contributed by atoms with E-state index in [9.17, 15) is 0 Å². The van der Waals surface area contributed by atoms with Gasteiger partial charge in [0.2, 0.25) is 0 Å². The SMILES string of the molecule is CC(C)Sc1ncccc1CCN. The number of nitrogens with zero attached hydrogens (tertiary/aromatic N) is 1. The molecule has 0 aliphatic rings. The lowest BCUT2D eigenvalue weighted by atomic mass is 10.2. The number of hydrogen-bond acceptors (Lipinski definition) is 3. The summed E-state index contributed by atoms with van der Waals surface area (Å²) in [6.07, 6.45) is 2.76. The smallest absolute Gasteiger partial charge is 0.0994 e. The molecule has 0 unspecified atom stereocenters. The topological polar surface area (TPSA) is 38.9 Å². The minimum atomic E-state index is 0.575. The molecule has 0 amide bonds. The Balaban J connectivity index is 2.78. The number of hydrogen-bond donors (Lipinski definition) is 1. The van der Waals surface area contributed by atoms with Crippen LogP contribution in [0.25, 0.3) is 0 Å². The zero-order valence-corrected chi connectivity index (χ0v) is 8.97. The van der Waals surface area contributed by atoms with Crippen LogP contribution in [-0.4, -0.2) is 16.8 Å². The maximum atomic E-state index is 5.52. The van der Waals surface area contributed by atoms with Crippen LogP contribution in [0.3, 0.4) is 0 Å². The van der Waals surface area contributed by atoms with Crippen LogP contribution < -0.4 is 5.73 Å². The molecule has 72 valence electrons. The maximum Gasteiger partial charge on any atom is 0.0994 e. The molecule has 0 saturated carbocycles. The Morgan fingerprint density at radius 1 is 1.54 bits per heavy atom. The van der Waals surface area contributed by atoms with Crippen molar-refractivity contribution in [2.75, 3.05) is 6.54 Å². The normalized spacial score (nSPS) is 10.8. The molecule has 0 saturated heterocycles. The zero-order valence-electron chi connectivity index (χ0n) is 8.16. The molecule has 1 rings (SSSR count). The average molecular weight is 196 g/mol. The van der Waals surface area contributed by atoms with Gasteiger partial charge >= 0.3 is 0 Å². The molecule has 0 spiro atoms. The minimum Gasteiger partial charge on any atom is -0.330 e. The summed E-state index contributed by atoms with van der Waals surface area (Å²) in [4.78, 5) is 4.34. The number of pyridine rings is 1. The summed E-state index contributed by atoms with van der Waals surface area (Å²) in [6, 6.07) is 4.07. The van der Waals surface area contributed by atoms with Crippen LogP contribution in [0.1, 0.15) is 19.4 Å². The molecule has 0 bridgehead atoms. The van der Waals surface area contributed by atoms with Gasteiger partial charge in [-0.05, 0) is 24.6 Å². The Morgan fingerprint density at radius 2 is 2.31 bits per heavy atom. The van der Waals surface area contributed by atoms with Gasteiger partial charge in [0.1, 0.15) is 0 Å². The molecule has 0 aliphatic heterocycles. The largest absolute Gasteiger partial charge is 0.330 e. The Hall–Kier alpha value is -0.540. The quantitative estimate of drug-likeness (QED) is 0.749. The zero-order chi connectivity index (χ0) is 9.68. The van der Waals surface area contributed by atoms with Gasteiger partial charge in [-0.3, -0.25) is 0 Å². The first kappa shape index (κ1) is 10.5. The second-order valence-electron chi connectivity index (χ2n) is 3.17. The van der Waals surface area contributed by atoms with E-state index in [1.54, 1.807) is 11.8 Å². The van der Waals surface area contributed by atoms with E-state index in [1.807, 2.05) is 12.3 Å². The molecule has 13 heavy (non-hydrogen) atoms. The maximum absolute atomic E-state index is 5.52. The van der Waals surface area contributed by atoms with Crippen LogP contribution in [0.2, 0.25) is 0 Å². The third-order valence-electron chi connectivity index (χ3n) is 1.61. The Bertz CT molecular complexity index is 261. The predicted octanol–water partition coefficient (Wildman–Crippen LogP) is 2.08. The third-order valence-corrected chi connectivity index (χ3v) is 2.67. The Kier molecular flexibility index (Phi) is 4.25. The summed E-state index contributed by atoms with van der Waals surface area (Å²) in [7, 11) is 0. The molecular weight excluding hydrogens is 180 g/mol. The molecule has 1 aromatic rings. The van der Waals surface area contributed by atoms with Crippen LogP contribution in [-0.2, 0) is 6.42 Å². The van der Waals surface area contributed by atoms with Gasteiger partial charge in [0.15, 0.2) is 0 Å². The number of aromatic nitrogens is 1. The third kappa shape index (κ3) is 3.36. The Morgan fingerprint density at radius 3 is 2.92 bits per heavy atom. The van der Waals surface area contributed by atoms with Crippen molar-refractivity contribution in [2.45, 2.75) is 30.5 Å². The van der Waals surface area contributed by atoms with Gasteiger partial charge in [0, 0.05) is 11.4 Å². The molecular formula is C10H16N2S. The highest BCUT2D eigenvalue weighted by molar-refractivity contribution is 7.99. The summed E-state index contributed by atoms with van der Waals surface area (Å²) in [5.74, 6) is 0. The fourth-order valence-electron chi connectivity index (χ4n) is 1.10. The second kappa shape index (κ2) is 5.25. The van der Waals surface area contributed by atoms with Gasteiger partial charge in [-0.2, -0.15) is 0 Å². The first-order chi connectivity index (χ1) is 6.24. The fraction of sp³-hybridized carbons (Fsp3) is 0.500. The molecule has 0 radical (unpaired) electrons. The lowest BCUT2D eigenvalue weighted by Crippen LogP contribution is -2.05. The van der Waals surface area contributed by atoms with Crippen LogP contribution in [0.4, 0.5) is 0 Å². The molecule has 2 nitrogen and oxygen atoms in total. The van der Waals surface area contributed by atoms with E-state index in [4.69, 9.17) is 5.73 Å². The van der Waals surface area contributed by atoms with Crippen molar-refractivity contribution in [2.24, 2.45) is 5.73 Å². The Labute approximate surface area is 83.9 Å². The first-order valence-electron chi connectivity index (χ1n) is 4.54. The van der Waals surface area contributed by atoms with Crippen LogP contribution in [0, 0.1) is 0 Å². The molecule has 0 fully saturated rings. The van der Waals surface area contributed by atoms with Crippen molar-refractivity contribution in [3.05, 3.63) is 23.9 Å². The fourth-order valence-corrected chi connectivity index (χ4v) is 1.99. The monoisotopic (exact) mass is 196 g/mol. The van der Waals surface area contributed by atoms with Crippen molar-refractivity contribution >= 4 is 11.8 Å².